The molecule has 4 nitrogen and oxygen atoms in total. The molecule has 2 aliphatic rings. The van der Waals surface area contributed by atoms with Crippen molar-refractivity contribution in [3.05, 3.63) is 11.8 Å². The molecular weight excluding hydrogens is 242 g/mol. The molecule has 108 valence electrons. The number of rotatable bonds is 2. The maximum atomic E-state index is 10.8. The van der Waals surface area contributed by atoms with Crippen LogP contribution in [0.3, 0.4) is 0 Å². The molecule has 0 aromatic rings. The minimum Gasteiger partial charge on any atom is -0.491 e. The van der Waals surface area contributed by atoms with E-state index < -0.39 is 5.60 Å². The number of aliphatic hydroxyl groups is 1. The van der Waals surface area contributed by atoms with Gasteiger partial charge in [0.25, 0.3) is 0 Å². The largest absolute Gasteiger partial charge is 0.491 e. The first-order valence-electron chi connectivity index (χ1n) is 7.16. The van der Waals surface area contributed by atoms with Gasteiger partial charge in [0.1, 0.15) is 17.5 Å². The van der Waals surface area contributed by atoms with Crippen LogP contribution in [0.1, 0.15) is 47.0 Å². The predicted molar refractivity (Wildman–Crippen MR) is 74.1 cm³/mol. The average Bonchev–Trinajstić information content (AvgIpc) is 2.56. The van der Waals surface area contributed by atoms with Crippen LogP contribution in [-0.4, -0.2) is 27.7 Å². The third-order valence-corrected chi connectivity index (χ3v) is 4.21. The SMILES string of the molecule is CC(C)C/C=C1\O[C@H]2C[C@@H](C)C/C(=N\O)[C@H]2[C@@]1(C)O. The molecule has 2 N–H and O–H groups in total. The van der Waals surface area contributed by atoms with Crippen molar-refractivity contribution in [2.45, 2.75) is 58.7 Å². The van der Waals surface area contributed by atoms with Crippen molar-refractivity contribution >= 4 is 5.71 Å². The molecule has 1 saturated carbocycles. The Hall–Kier alpha value is -1.03. The lowest BCUT2D eigenvalue weighted by molar-refractivity contribution is 0.0682. The van der Waals surface area contributed by atoms with Crippen LogP contribution >= 0.6 is 0 Å². The second-order valence-corrected chi connectivity index (χ2v) is 6.62. The Morgan fingerprint density at radius 3 is 2.79 bits per heavy atom. The zero-order chi connectivity index (χ0) is 14.2. The van der Waals surface area contributed by atoms with E-state index in [1.807, 2.05) is 6.08 Å². The number of ether oxygens (including phenoxy) is 1. The van der Waals surface area contributed by atoms with Gasteiger partial charge in [0, 0.05) is 0 Å². The van der Waals surface area contributed by atoms with Gasteiger partial charge in [0.2, 0.25) is 0 Å². The molecule has 0 aromatic heterocycles. The van der Waals surface area contributed by atoms with Gasteiger partial charge in [-0.15, -0.1) is 0 Å². The first kappa shape index (κ1) is 14.4. The Labute approximate surface area is 115 Å². The quantitative estimate of drug-likeness (QED) is 0.597. The lowest BCUT2D eigenvalue weighted by atomic mass is 9.72. The minimum absolute atomic E-state index is 0.0666. The van der Waals surface area contributed by atoms with E-state index in [-0.39, 0.29) is 12.0 Å². The fourth-order valence-corrected chi connectivity index (χ4v) is 3.25. The van der Waals surface area contributed by atoms with Gasteiger partial charge in [-0.1, -0.05) is 25.9 Å². The molecule has 2 rings (SSSR count). The Bertz CT molecular complexity index is 398. The van der Waals surface area contributed by atoms with Crippen LogP contribution in [0.15, 0.2) is 17.0 Å². The number of allylic oxidation sites excluding steroid dienone is 1. The number of hydrogen-bond donors (Lipinski definition) is 2. The Morgan fingerprint density at radius 2 is 2.21 bits per heavy atom. The first-order valence-corrected chi connectivity index (χ1v) is 7.16. The van der Waals surface area contributed by atoms with Crippen LogP contribution in [-0.2, 0) is 4.74 Å². The molecule has 0 spiro atoms. The van der Waals surface area contributed by atoms with Crippen molar-refractivity contribution in [1.29, 1.82) is 0 Å². The van der Waals surface area contributed by atoms with Gasteiger partial charge in [-0.25, -0.2) is 0 Å². The van der Waals surface area contributed by atoms with Crippen molar-refractivity contribution in [1.82, 2.24) is 0 Å². The van der Waals surface area contributed by atoms with E-state index in [1.165, 1.54) is 0 Å². The third-order valence-electron chi connectivity index (χ3n) is 4.21. The number of nitrogens with zero attached hydrogens (tertiary/aromatic N) is 1. The highest BCUT2D eigenvalue weighted by molar-refractivity contribution is 5.89. The standard InChI is InChI=1S/C15H25NO3/c1-9(2)5-6-13-15(4,17)14-11(16-18)7-10(3)8-12(14)19-13/h6,9-10,12,14,17-18H,5,7-8H2,1-4H3/b13-6-,16-11+/t10-,12-,14+,15-/m0/s1. The highest BCUT2D eigenvalue weighted by Crippen LogP contribution is 2.46. The molecule has 1 aliphatic heterocycles. The van der Waals surface area contributed by atoms with E-state index in [0.717, 1.165) is 19.3 Å². The zero-order valence-corrected chi connectivity index (χ0v) is 12.3. The van der Waals surface area contributed by atoms with E-state index >= 15 is 0 Å². The number of hydrogen-bond acceptors (Lipinski definition) is 4. The summed E-state index contributed by atoms with van der Waals surface area (Å²) in [6, 6.07) is 0. The van der Waals surface area contributed by atoms with Gasteiger partial charge in [0.05, 0.1) is 11.6 Å². The van der Waals surface area contributed by atoms with Crippen molar-refractivity contribution < 1.29 is 15.1 Å². The summed E-state index contributed by atoms with van der Waals surface area (Å²) in [4.78, 5) is 0. The second-order valence-electron chi connectivity index (χ2n) is 6.62. The van der Waals surface area contributed by atoms with Gasteiger partial charge in [0.15, 0.2) is 0 Å². The molecule has 2 fully saturated rings. The maximum Gasteiger partial charge on any atom is 0.130 e. The molecule has 0 bridgehead atoms. The molecule has 1 heterocycles. The zero-order valence-electron chi connectivity index (χ0n) is 12.3. The molecular formula is C15H25NO3. The van der Waals surface area contributed by atoms with Crippen LogP contribution in [0.5, 0.6) is 0 Å². The van der Waals surface area contributed by atoms with E-state index in [9.17, 15) is 10.3 Å². The predicted octanol–water partition coefficient (Wildman–Crippen LogP) is 2.94. The fourth-order valence-electron chi connectivity index (χ4n) is 3.25. The maximum absolute atomic E-state index is 10.8. The molecule has 4 heteroatoms. The summed E-state index contributed by atoms with van der Waals surface area (Å²) in [5.41, 5.74) is -0.386. The molecule has 0 amide bonds. The summed E-state index contributed by atoms with van der Waals surface area (Å²) in [5.74, 6) is 1.38. The van der Waals surface area contributed by atoms with Crippen LogP contribution in [0, 0.1) is 17.8 Å². The van der Waals surface area contributed by atoms with Gasteiger partial charge in [-0.2, -0.15) is 0 Å². The fraction of sp³-hybridized carbons (Fsp3) is 0.800. The average molecular weight is 267 g/mol. The van der Waals surface area contributed by atoms with Crippen molar-refractivity contribution in [3.63, 3.8) is 0 Å². The van der Waals surface area contributed by atoms with E-state index in [4.69, 9.17) is 4.74 Å². The van der Waals surface area contributed by atoms with Crippen molar-refractivity contribution in [2.24, 2.45) is 22.9 Å². The van der Waals surface area contributed by atoms with Crippen LogP contribution in [0.2, 0.25) is 0 Å². The van der Waals surface area contributed by atoms with Crippen molar-refractivity contribution in [3.8, 4) is 0 Å². The van der Waals surface area contributed by atoms with Crippen LogP contribution < -0.4 is 0 Å². The van der Waals surface area contributed by atoms with Gasteiger partial charge >= 0.3 is 0 Å². The third kappa shape index (κ3) is 2.64. The highest BCUT2D eigenvalue weighted by atomic mass is 16.5. The first-order chi connectivity index (χ1) is 8.86. The molecule has 1 aliphatic carbocycles. The summed E-state index contributed by atoms with van der Waals surface area (Å²) in [7, 11) is 0. The summed E-state index contributed by atoms with van der Waals surface area (Å²) in [6.07, 6.45) is 4.44. The monoisotopic (exact) mass is 267 g/mol. The summed E-state index contributed by atoms with van der Waals surface area (Å²) < 4.78 is 5.95. The van der Waals surface area contributed by atoms with Crippen LogP contribution in [0.25, 0.3) is 0 Å². The van der Waals surface area contributed by atoms with Crippen molar-refractivity contribution in [2.75, 3.05) is 0 Å². The lowest BCUT2D eigenvalue weighted by Gasteiger charge is -2.33. The van der Waals surface area contributed by atoms with Gasteiger partial charge < -0.3 is 15.1 Å². The van der Waals surface area contributed by atoms with Gasteiger partial charge in [-0.3, -0.25) is 0 Å². The highest BCUT2D eigenvalue weighted by Gasteiger charge is 2.54. The summed E-state index contributed by atoms with van der Waals surface area (Å²) in [5, 5.41) is 23.4. The molecule has 4 atom stereocenters. The molecule has 0 unspecified atom stereocenters. The summed E-state index contributed by atoms with van der Waals surface area (Å²) >= 11 is 0. The number of fused-ring (bicyclic) bond motifs is 1. The van der Waals surface area contributed by atoms with E-state index in [2.05, 4.69) is 25.9 Å². The topological polar surface area (TPSA) is 62.0 Å². The minimum atomic E-state index is -1.05. The lowest BCUT2D eigenvalue weighted by Crippen LogP contribution is -2.44. The summed E-state index contributed by atoms with van der Waals surface area (Å²) in [6.45, 7) is 8.16. The number of oxime groups is 1. The Balaban J connectivity index is 2.28. The smallest absolute Gasteiger partial charge is 0.130 e. The van der Waals surface area contributed by atoms with E-state index in [1.54, 1.807) is 6.92 Å². The van der Waals surface area contributed by atoms with Gasteiger partial charge in [-0.05, 0) is 44.1 Å². The Morgan fingerprint density at radius 1 is 1.53 bits per heavy atom. The molecule has 1 saturated heterocycles. The normalized spacial score (nSPS) is 42.7. The van der Waals surface area contributed by atoms with Crippen LogP contribution in [0.4, 0.5) is 0 Å². The second kappa shape index (κ2) is 5.16. The Kier molecular flexibility index (Phi) is 3.90. The molecule has 19 heavy (non-hydrogen) atoms. The van der Waals surface area contributed by atoms with E-state index in [0.29, 0.717) is 23.3 Å². The molecule has 0 radical (unpaired) electrons. The molecule has 0 aromatic carbocycles.